The smallest absolute Gasteiger partial charge is 0.372 e. The Morgan fingerprint density at radius 2 is 1.53 bits per heavy atom. The summed E-state index contributed by atoms with van der Waals surface area (Å²) in [6.45, 7) is 6.52. The lowest BCUT2D eigenvalue weighted by Crippen LogP contribution is -2.35. The normalized spacial score (nSPS) is 10.5. The Morgan fingerprint density at radius 1 is 1.12 bits per heavy atom. The maximum Gasteiger partial charge on any atom is 0.703 e. The maximum absolute atomic E-state index is 10.3. The van der Waals surface area contributed by atoms with Crippen molar-refractivity contribution in [3.63, 3.8) is 0 Å². The van der Waals surface area contributed by atoms with E-state index in [1.54, 1.807) is 0 Å². The van der Waals surface area contributed by atoms with E-state index < -0.39 is 9.05 Å². The number of hydrogen-bond donors (Lipinski definition) is 3. The van der Waals surface area contributed by atoms with E-state index >= 15 is 0 Å². The van der Waals surface area contributed by atoms with Gasteiger partial charge in [0.15, 0.2) is 0 Å². The zero-order valence-corrected chi connectivity index (χ0v) is 10.9. The van der Waals surface area contributed by atoms with Crippen LogP contribution in [-0.2, 0) is 4.63 Å². The monoisotopic (exact) mass is 263 g/mol. The molecule has 0 aliphatic carbocycles. The third-order valence-corrected chi connectivity index (χ3v) is 2.20. The molecule has 98 valence electrons. The highest BCUT2D eigenvalue weighted by Crippen LogP contribution is 2.11. The van der Waals surface area contributed by atoms with Gasteiger partial charge in [0.1, 0.15) is 0 Å². The highest BCUT2D eigenvalue weighted by molar-refractivity contribution is 6.48. The molecule has 0 atom stereocenters. The molecule has 7 heteroatoms. The minimum Gasteiger partial charge on any atom is -0.372 e. The Bertz CT molecular complexity index is 290. The Labute approximate surface area is 101 Å². The molecule has 0 unspecified atom stereocenters. The van der Waals surface area contributed by atoms with E-state index in [-0.39, 0.29) is 0 Å². The van der Waals surface area contributed by atoms with Crippen LogP contribution in [0.1, 0.15) is 13.8 Å². The average Bonchev–Trinajstić information content (AvgIpc) is 2.32. The molecule has 0 bridgehead atoms. The van der Waals surface area contributed by atoms with E-state index in [2.05, 4.69) is 47.6 Å². The highest BCUT2D eigenvalue weighted by Gasteiger charge is 2.31. The fourth-order valence-electron chi connectivity index (χ4n) is 1.23. The maximum atomic E-state index is 10.3. The predicted octanol–water partition coefficient (Wildman–Crippen LogP) is 0.833. The fraction of sp³-hybridized carbons (Fsp3) is 0.400. The molecule has 0 saturated carbocycles. The van der Waals surface area contributed by atoms with Gasteiger partial charge in [-0.3, -0.25) is 0 Å². The molecule has 0 radical (unpaired) electrons. The highest BCUT2D eigenvalue weighted by atomic mass is 28.4. The second-order valence-corrected chi connectivity index (χ2v) is 4.46. The zero-order valence-electron chi connectivity index (χ0n) is 9.88. The number of hydrogen-bond acceptors (Lipinski definition) is 5. The van der Waals surface area contributed by atoms with E-state index in [0.717, 1.165) is 13.1 Å². The van der Waals surface area contributed by atoms with Gasteiger partial charge in [-0.05, 0) is 26.0 Å². The number of anilines is 1. The minimum absolute atomic E-state index is 1.08. The molecule has 5 nitrogen and oxygen atoms in total. The summed E-state index contributed by atoms with van der Waals surface area (Å²) in [5, 5.41) is 0. The summed E-state index contributed by atoms with van der Waals surface area (Å²) < 4.78 is 12.6. The van der Waals surface area contributed by atoms with Crippen LogP contribution in [0.25, 0.3) is 0 Å². The lowest BCUT2D eigenvalue weighted by Gasteiger charge is -2.20. The first kappa shape index (κ1) is 16.0. The van der Waals surface area contributed by atoms with Crippen molar-refractivity contribution >= 4 is 14.7 Å². The Morgan fingerprint density at radius 3 is 1.82 bits per heavy atom. The van der Waals surface area contributed by atoms with Gasteiger partial charge in [0.2, 0.25) is 0 Å². The summed E-state index contributed by atoms with van der Waals surface area (Å²) in [5.74, 6) is 0. The Balaban J connectivity index is 0.000000366. The SMILES string of the molecule is CCN(CC)c1ccccc1.O[Si](O)(O)OF. The molecular formula is C10H18FNO4Si. The topological polar surface area (TPSA) is 73.2 Å². The minimum atomic E-state index is -4.80. The molecular weight excluding hydrogens is 245 g/mol. The molecule has 1 aromatic carbocycles. The van der Waals surface area contributed by atoms with Crippen molar-refractivity contribution < 1.29 is 23.5 Å². The van der Waals surface area contributed by atoms with Crippen molar-refractivity contribution in [2.45, 2.75) is 13.8 Å². The lowest BCUT2D eigenvalue weighted by molar-refractivity contribution is -0.111. The van der Waals surface area contributed by atoms with Gasteiger partial charge >= 0.3 is 9.05 Å². The van der Waals surface area contributed by atoms with Crippen LogP contribution in [0.3, 0.4) is 0 Å². The summed E-state index contributed by atoms with van der Waals surface area (Å²) in [6, 6.07) is 10.5. The van der Waals surface area contributed by atoms with Crippen molar-refractivity contribution in [1.29, 1.82) is 0 Å². The first-order valence-corrected chi connectivity index (χ1v) is 6.96. The first-order chi connectivity index (χ1) is 7.94. The van der Waals surface area contributed by atoms with Gasteiger partial charge in [-0.15, -0.1) is 0 Å². The molecule has 0 heterocycles. The Hall–Kier alpha value is -0.993. The van der Waals surface area contributed by atoms with Crippen molar-refractivity contribution in [2.75, 3.05) is 18.0 Å². The number of benzene rings is 1. The molecule has 0 fully saturated rings. The van der Waals surface area contributed by atoms with E-state index in [1.165, 1.54) is 5.69 Å². The Kier molecular flexibility index (Phi) is 7.67. The summed E-state index contributed by atoms with van der Waals surface area (Å²) in [5.41, 5.74) is 1.32. The van der Waals surface area contributed by atoms with Gasteiger partial charge in [-0.2, -0.15) is 4.63 Å². The third-order valence-electron chi connectivity index (χ3n) is 1.99. The van der Waals surface area contributed by atoms with Gasteiger partial charge in [0, 0.05) is 18.8 Å². The van der Waals surface area contributed by atoms with Gasteiger partial charge in [0.05, 0.1) is 0 Å². The first-order valence-electron chi connectivity index (χ1n) is 5.21. The van der Waals surface area contributed by atoms with E-state index in [1.807, 2.05) is 6.07 Å². The molecule has 17 heavy (non-hydrogen) atoms. The summed E-state index contributed by atoms with van der Waals surface area (Å²) in [4.78, 5) is 24.8. The molecule has 0 amide bonds. The number of para-hydroxylation sites is 1. The summed E-state index contributed by atoms with van der Waals surface area (Å²) in [6.07, 6.45) is 0. The molecule has 1 rings (SSSR count). The van der Waals surface area contributed by atoms with E-state index in [9.17, 15) is 4.53 Å². The van der Waals surface area contributed by atoms with Crippen LogP contribution in [0.5, 0.6) is 0 Å². The third kappa shape index (κ3) is 7.83. The van der Waals surface area contributed by atoms with Crippen LogP contribution >= 0.6 is 0 Å². The number of halogens is 1. The fourth-order valence-corrected chi connectivity index (χ4v) is 1.23. The van der Waals surface area contributed by atoms with Gasteiger partial charge in [0.25, 0.3) is 0 Å². The summed E-state index contributed by atoms with van der Waals surface area (Å²) >= 11 is 0. The lowest BCUT2D eigenvalue weighted by atomic mass is 10.3. The molecule has 0 aliphatic rings. The molecule has 1 aromatic rings. The van der Waals surface area contributed by atoms with Crippen LogP contribution < -0.4 is 4.90 Å². The second kappa shape index (κ2) is 8.15. The van der Waals surface area contributed by atoms with Crippen molar-refractivity contribution in [1.82, 2.24) is 0 Å². The summed E-state index contributed by atoms with van der Waals surface area (Å²) in [7, 11) is -4.80. The molecule has 0 spiro atoms. The quantitative estimate of drug-likeness (QED) is 0.702. The van der Waals surface area contributed by atoms with Crippen molar-refractivity contribution in [3.8, 4) is 0 Å². The van der Waals surface area contributed by atoms with Crippen LogP contribution in [0.4, 0.5) is 10.2 Å². The van der Waals surface area contributed by atoms with Crippen molar-refractivity contribution in [3.05, 3.63) is 30.3 Å². The zero-order chi connectivity index (χ0) is 13.3. The number of nitrogens with zero attached hydrogens (tertiary/aromatic N) is 1. The van der Waals surface area contributed by atoms with Gasteiger partial charge in [-0.1, -0.05) is 22.7 Å². The van der Waals surface area contributed by atoms with Crippen LogP contribution in [-0.4, -0.2) is 36.5 Å². The average molecular weight is 263 g/mol. The standard InChI is InChI=1S/C10H15N.FH3O4Si/c1-3-11(4-2)10-8-6-5-7-9-10;1-5-6(2,3)4/h5-9H,3-4H2,1-2H3;2-4H. The largest absolute Gasteiger partial charge is 0.703 e. The molecule has 0 aliphatic heterocycles. The van der Waals surface area contributed by atoms with E-state index in [0.29, 0.717) is 0 Å². The van der Waals surface area contributed by atoms with Gasteiger partial charge < -0.3 is 19.3 Å². The molecule has 0 saturated heterocycles. The molecule has 3 N–H and O–H groups in total. The van der Waals surface area contributed by atoms with Gasteiger partial charge in [-0.25, -0.2) is 0 Å². The van der Waals surface area contributed by atoms with Crippen LogP contribution in [0.15, 0.2) is 30.3 Å². The number of rotatable bonds is 4. The van der Waals surface area contributed by atoms with Crippen molar-refractivity contribution in [2.24, 2.45) is 0 Å². The van der Waals surface area contributed by atoms with Crippen LogP contribution in [0, 0.1) is 0 Å². The predicted molar refractivity (Wildman–Crippen MR) is 64.6 cm³/mol. The molecule has 0 aromatic heterocycles. The van der Waals surface area contributed by atoms with E-state index in [4.69, 9.17) is 14.4 Å². The van der Waals surface area contributed by atoms with Crippen LogP contribution in [0.2, 0.25) is 0 Å². The second-order valence-electron chi connectivity index (χ2n) is 3.16.